The van der Waals surface area contributed by atoms with Crippen molar-refractivity contribution in [2.75, 3.05) is 13.1 Å². The van der Waals surface area contributed by atoms with Crippen molar-refractivity contribution < 1.29 is 5.11 Å². The number of aromatic amines is 1. The molecule has 4 nitrogen and oxygen atoms in total. The maximum Gasteiger partial charge on any atom is 0.208 e. The molecule has 2 heterocycles. The number of hydrogen-bond donors (Lipinski definition) is 2. The molecule has 0 atom stereocenters. The topological polar surface area (TPSA) is 52.2 Å². The quantitative estimate of drug-likeness (QED) is 0.682. The van der Waals surface area contributed by atoms with Gasteiger partial charge in [0.2, 0.25) is 5.88 Å². The maximum absolute atomic E-state index is 8.99. The van der Waals surface area contributed by atoms with Gasteiger partial charge in [0.1, 0.15) is 5.82 Å². The van der Waals surface area contributed by atoms with Crippen molar-refractivity contribution >= 4 is 0 Å². The summed E-state index contributed by atoms with van der Waals surface area (Å²) in [7, 11) is 0. The van der Waals surface area contributed by atoms with E-state index in [1.165, 1.54) is 19.0 Å². The van der Waals surface area contributed by atoms with Crippen LogP contribution in [0.5, 0.6) is 5.88 Å². The predicted molar refractivity (Wildman–Crippen MR) is 44.8 cm³/mol. The summed E-state index contributed by atoms with van der Waals surface area (Å²) >= 11 is 0. The summed E-state index contributed by atoms with van der Waals surface area (Å²) < 4.78 is 0. The van der Waals surface area contributed by atoms with Gasteiger partial charge in [0.15, 0.2) is 0 Å². The molecule has 2 rings (SSSR count). The second-order valence-electron chi connectivity index (χ2n) is 3.20. The zero-order valence-corrected chi connectivity index (χ0v) is 6.95. The molecule has 4 heteroatoms. The van der Waals surface area contributed by atoms with E-state index in [-0.39, 0.29) is 5.88 Å². The molecule has 0 aliphatic carbocycles. The number of rotatable bonds is 2. The average Bonchev–Trinajstić information content (AvgIpc) is 2.63. The van der Waals surface area contributed by atoms with Crippen molar-refractivity contribution in [2.45, 2.75) is 19.4 Å². The molecule has 0 bridgehead atoms. The van der Waals surface area contributed by atoms with Crippen LogP contribution in [0.3, 0.4) is 0 Å². The van der Waals surface area contributed by atoms with Gasteiger partial charge >= 0.3 is 0 Å². The van der Waals surface area contributed by atoms with Crippen LogP contribution in [0.1, 0.15) is 18.7 Å². The van der Waals surface area contributed by atoms with Crippen LogP contribution < -0.4 is 0 Å². The third kappa shape index (κ3) is 1.58. The number of imidazole rings is 1. The van der Waals surface area contributed by atoms with Crippen LogP contribution in [0.2, 0.25) is 0 Å². The second-order valence-corrected chi connectivity index (χ2v) is 3.20. The Morgan fingerprint density at radius 3 is 2.83 bits per heavy atom. The first-order chi connectivity index (χ1) is 5.84. The van der Waals surface area contributed by atoms with Crippen LogP contribution in [0.15, 0.2) is 6.20 Å². The summed E-state index contributed by atoms with van der Waals surface area (Å²) in [6.07, 6.45) is 4.02. The highest BCUT2D eigenvalue weighted by Gasteiger charge is 2.12. The second kappa shape index (κ2) is 3.15. The Hall–Kier alpha value is -1.03. The van der Waals surface area contributed by atoms with Crippen LogP contribution in [-0.4, -0.2) is 33.1 Å². The predicted octanol–water partition coefficient (Wildman–Crippen LogP) is 0.711. The Labute approximate surface area is 71.2 Å². The number of nitrogens with zero attached hydrogens (tertiary/aromatic N) is 2. The van der Waals surface area contributed by atoms with Crippen LogP contribution in [0.25, 0.3) is 0 Å². The first-order valence-electron chi connectivity index (χ1n) is 4.30. The normalized spacial score (nSPS) is 18.7. The third-order valence-electron chi connectivity index (χ3n) is 2.19. The average molecular weight is 167 g/mol. The Kier molecular flexibility index (Phi) is 1.99. The summed E-state index contributed by atoms with van der Waals surface area (Å²) in [4.78, 5) is 9.17. The van der Waals surface area contributed by atoms with Gasteiger partial charge in [0.05, 0.1) is 12.7 Å². The largest absolute Gasteiger partial charge is 0.493 e. The first kappa shape index (κ1) is 7.61. The fraction of sp³-hybridized carbons (Fsp3) is 0.625. The minimum atomic E-state index is 0.157. The van der Waals surface area contributed by atoms with Crippen LogP contribution >= 0.6 is 0 Å². The third-order valence-corrected chi connectivity index (χ3v) is 2.19. The molecule has 1 aliphatic heterocycles. The molecule has 0 aromatic carbocycles. The lowest BCUT2D eigenvalue weighted by atomic mass is 10.4. The molecule has 0 amide bonds. The highest BCUT2D eigenvalue weighted by Crippen LogP contribution is 2.11. The van der Waals surface area contributed by atoms with Crippen LogP contribution in [0.4, 0.5) is 0 Å². The number of aromatic hydroxyl groups is 1. The number of likely N-dealkylation sites (tertiary alicyclic amines) is 1. The summed E-state index contributed by atoms with van der Waals surface area (Å²) in [5.74, 6) is 1.01. The number of nitrogens with one attached hydrogen (secondary N) is 1. The molecule has 0 saturated carbocycles. The molecule has 1 aromatic rings. The lowest BCUT2D eigenvalue weighted by molar-refractivity contribution is 0.322. The zero-order valence-electron chi connectivity index (χ0n) is 6.95. The van der Waals surface area contributed by atoms with Crippen LogP contribution in [-0.2, 0) is 6.54 Å². The smallest absolute Gasteiger partial charge is 0.208 e. The fourth-order valence-corrected chi connectivity index (χ4v) is 1.58. The monoisotopic (exact) mass is 167 g/mol. The van der Waals surface area contributed by atoms with E-state index in [1.54, 1.807) is 0 Å². The van der Waals surface area contributed by atoms with Gasteiger partial charge in [-0.15, -0.1) is 0 Å². The van der Waals surface area contributed by atoms with E-state index in [9.17, 15) is 0 Å². The highest BCUT2D eigenvalue weighted by atomic mass is 16.3. The summed E-state index contributed by atoms with van der Waals surface area (Å²) in [6.45, 7) is 3.14. The molecule has 1 aliphatic rings. The van der Waals surface area contributed by atoms with Gasteiger partial charge in [-0.05, 0) is 25.9 Å². The van der Waals surface area contributed by atoms with Gasteiger partial charge in [-0.3, -0.25) is 4.90 Å². The van der Waals surface area contributed by atoms with E-state index < -0.39 is 0 Å². The van der Waals surface area contributed by atoms with Crippen molar-refractivity contribution in [3.05, 3.63) is 12.0 Å². The van der Waals surface area contributed by atoms with E-state index in [1.807, 2.05) is 0 Å². The fourth-order valence-electron chi connectivity index (χ4n) is 1.58. The molecule has 1 saturated heterocycles. The van der Waals surface area contributed by atoms with Gasteiger partial charge in [-0.1, -0.05) is 0 Å². The van der Waals surface area contributed by atoms with Gasteiger partial charge in [0, 0.05) is 0 Å². The van der Waals surface area contributed by atoms with Gasteiger partial charge in [-0.2, -0.15) is 0 Å². The molecule has 0 spiro atoms. The van der Waals surface area contributed by atoms with Crippen molar-refractivity contribution in [2.24, 2.45) is 0 Å². The zero-order chi connectivity index (χ0) is 8.39. The lowest BCUT2D eigenvalue weighted by Crippen LogP contribution is -2.19. The van der Waals surface area contributed by atoms with Gasteiger partial charge in [0.25, 0.3) is 0 Å². The summed E-state index contributed by atoms with van der Waals surface area (Å²) in [5, 5.41) is 8.99. The van der Waals surface area contributed by atoms with Crippen molar-refractivity contribution in [3.8, 4) is 5.88 Å². The molecular weight excluding hydrogens is 154 g/mol. The molecule has 1 aromatic heterocycles. The van der Waals surface area contributed by atoms with E-state index in [0.717, 1.165) is 25.5 Å². The minimum absolute atomic E-state index is 0.157. The minimum Gasteiger partial charge on any atom is -0.493 e. The van der Waals surface area contributed by atoms with Crippen molar-refractivity contribution in [1.82, 2.24) is 14.9 Å². The van der Waals surface area contributed by atoms with Crippen molar-refractivity contribution in [3.63, 3.8) is 0 Å². The SMILES string of the molecule is Oc1cnc(CN2CCCC2)[nH]1. The van der Waals surface area contributed by atoms with E-state index in [0.29, 0.717) is 0 Å². The molecule has 66 valence electrons. The standard InChI is InChI=1S/C8H13N3O/c12-8-5-9-7(10-8)6-11-3-1-2-4-11/h5,12H,1-4,6H2,(H,9,10). The lowest BCUT2D eigenvalue weighted by Gasteiger charge is -2.11. The molecular formula is C8H13N3O. The summed E-state index contributed by atoms with van der Waals surface area (Å²) in [6, 6.07) is 0. The molecule has 0 unspecified atom stereocenters. The van der Waals surface area contributed by atoms with Gasteiger partial charge < -0.3 is 10.1 Å². The Morgan fingerprint density at radius 1 is 1.50 bits per heavy atom. The Morgan fingerprint density at radius 2 is 2.25 bits per heavy atom. The number of H-pyrrole nitrogens is 1. The van der Waals surface area contributed by atoms with Gasteiger partial charge in [-0.25, -0.2) is 4.98 Å². The molecule has 1 fully saturated rings. The Balaban J connectivity index is 1.94. The van der Waals surface area contributed by atoms with Crippen molar-refractivity contribution in [1.29, 1.82) is 0 Å². The van der Waals surface area contributed by atoms with E-state index in [4.69, 9.17) is 5.11 Å². The van der Waals surface area contributed by atoms with E-state index in [2.05, 4.69) is 14.9 Å². The molecule has 12 heavy (non-hydrogen) atoms. The van der Waals surface area contributed by atoms with E-state index >= 15 is 0 Å². The summed E-state index contributed by atoms with van der Waals surface area (Å²) in [5.41, 5.74) is 0. The molecule has 0 radical (unpaired) electrons. The first-order valence-corrected chi connectivity index (χ1v) is 4.30. The Bertz CT molecular complexity index is 253. The molecule has 2 N–H and O–H groups in total. The number of aromatic nitrogens is 2. The maximum atomic E-state index is 8.99. The van der Waals surface area contributed by atoms with Crippen LogP contribution in [0, 0.1) is 0 Å². The highest BCUT2D eigenvalue weighted by molar-refractivity contribution is 5.04. The number of hydrogen-bond acceptors (Lipinski definition) is 3.